The molecule has 60 heavy (non-hydrogen) atoms. The first-order chi connectivity index (χ1) is 29.5. The van der Waals surface area contributed by atoms with Crippen LogP contribution in [0.25, 0.3) is 0 Å². The highest BCUT2D eigenvalue weighted by atomic mass is 16.6. The van der Waals surface area contributed by atoms with E-state index in [1.165, 1.54) is 0 Å². The zero-order valence-electron chi connectivity index (χ0n) is 37.6. The maximum atomic E-state index is 12.7. The molecule has 0 spiro atoms. The van der Waals surface area contributed by atoms with Crippen LogP contribution < -0.4 is 0 Å². The fraction of sp³-hybridized carbons (Fsp3) is 0.500. The van der Waals surface area contributed by atoms with Crippen molar-refractivity contribution in [3.05, 3.63) is 146 Å². The third-order valence-electron chi connectivity index (χ3n) is 8.58. The van der Waals surface area contributed by atoms with E-state index in [0.29, 0.717) is 19.3 Å². The van der Waals surface area contributed by atoms with Gasteiger partial charge in [0.1, 0.15) is 13.2 Å². The first-order valence-corrected chi connectivity index (χ1v) is 22.8. The highest BCUT2D eigenvalue weighted by molar-refractivity contribution is 5.71. The molecule has 0 aromatic rings. The van der Waals surface area contributed by atoms with Crippen LogP contribution in [-0.4, -0.2) is 37.2 Å². The van der Waals surface area contributed by atoms with Gasteiger partial charge in [-0.05, 0) is 116 Å². The summed E-state index contributed by atoms with van der Waals surface area (Å²) in [4.78, 5) is 37.7. The predicted molar refractivity (Wildman–Crippen MR) is 255 cm³/mol. The van der Waals surface area contributed by atoms with Crippen LogP contribution in [0, 0.1) is 0 Å². The first-order valence-electron chi connectivity index (χ1n) is 22.8. The zero-order chi connectivity index (χ0) is 43.7. The molecule has 0 fully saturated rings. The van der Waals surface area contributed by atoms with Crippen molar-refractivity contribution in [2.75, 3.05) is 13.2 Å². The van der Waals surface area contributed by atoms with Crippen LogP contribution in [0.4, 0.5) is 0 Å². The number of carbonyl (C=O) groups excluding carboxylic acids is 3. The van der Waals surface area contributed by atoms with Gasteiger partial charge < -0.3 is 14.2 Å². The molecular formula is C54H80O6. The molecule has 332 valence electrons. The summed E-state index contributed by atoms with van der Waals surface area (Å²) in [6.45, 7) is 6.09. The van der Waals surface area contributed by atoms with Gasteiger partial charge in [0, 0.05) is 19.3 Å². The molecule has 1 atom stereocenters. The van der Waals surface area contributed by atoms with Crippen molar-refractivity contribution in [3.8, 4) is 0 Å². The third-order valence-corrected chi connectivity index (χ3v) is 8.58. The number of hydrogen-bond donors (Lipinski definition) is 0. The smallest absolute Gasteiger partial charge is 0.306 e. The van der Waals surface area contributed by atoms with Crippen molar-refractivity contribution in [3.63, 3.8) is 0 Å². The lowest BCUT2D eigenvalue weighted by Crippen LogP contribution is -2.30. The van der Waals surface area contributed by atoms with Crippen LogP contribution in [-0.2, 0) is 28.6 Å². The van der Waals surface area contributed by atoms with E-state index in [0.717, 1.165) is 96.3 Å². The summed E-state index contributed by atoms with van der Waals surface area (Å²) < 4.78 is 16.5. The fourth-order valence-corrected chi connectivity index (χ4v) is 5.27. The second-order valence-corrected chi connectivity index (χ2v) is 14.2. The maximum Gasteiger partial charge on any atom is 0.306 e. The highest BCUT2D eigenvalue weighted by Crippen LogP contribution is 2.09. The molecule has 0 bridgehead atoms. The van der Waals surface area contributed by atoms with E-state index < -0.39 is 12.1 Å². The summed E-state index contributed by atoms with van der Waals surface area (Å²) >= 11 is 0. The summed E-state index contributed by atoms with van der Waals surface area (Å²) in [5.74, 6) is -1.15. The van der Waals surface area contributed by atoms with Crippen molar-refractivity contribution in [2.45, 2.75) is 162 Å². The monoisotopic (exact) mass is 825 g/mol. The molecule has 0 aliphatic carbocycles. The van der Waals surface area contributed by atoms with Crippen LogP contribution >= 0.6 is 0 Å². The van der Waals surface area contributed by atoms with Crippen LogP contribution in [0.5, 0.6) is 0 Å². The molecule has 0 rings (SSSR count). The van der Waals surface area contributed by atoms with Gasteiger partial charge in [0.05, 0.1) is 0 Å². The summed E-state index contributed by atoms with van der Waals surface area (Å²) in [6, 6.07) is 0. The average molecular weight is 825 g/mol. The maximum absolute atomic E-state index is 12.7. The third kappa shape index (κ3) is 44.4. The number of esters is 3. The Kier molecular flexibility index (Phi) is 43.3. The van der Waals surface area contributed by atoms with Gasteiger partial charge in [-0.3, -0.25) is 14.4 Å². The Hall–Kier alpha value is -4.71. The Labute approximate surface area is 366 Å². The van der Waals surface area contributed by atoms with E-state index in [1.54, 1.807) is 0 Å². The van der Waals surface area contributed by atoms with Crippen LogP contribution in [0.1, 0.15) is 156 Å². The molecular weight excluding hydrogens is 745 g/mol. The molecule has 0 aromatic heterocycles. The van der Waals surface area contributed by atoms with E-state index in [1.807, 2.05) is 12.2 Å². The van der Waals surface area contributed by atoms with E-state index in [2.05, 4.69) is 154 Å². The normalized spacial score (nSPS) is 13.4. The van der Waals surface area contributed by atoms with Gasteiger partial charge in [0.15, 0.2) is 6.10 Å². The number of carbonyl (C=O) groups is 3. The van der Waals surface area contributed by atoms with Crippen LogP contribution in [0.3, 0.4) is 0 Å². The quantitative estimate of drug-likeness (QED) is 0.0267. The lowest BCUT2D eigenvalue weighted by atomic mass is 10.2. The minimum Gasteiger partial charge on any atom is -0.462 e. The first kappa shape index (κ1) is 55.3. The standard InChI is InChI=1S/C54H80O6/c1-4-7-10-13-16-19-22-24-25-26-27-28-29-30-33-35-38-41-44-47-53(56)59-50-51(49-58-52(55)46-43-40-37-34-31-21-18-15-12-9-6-3)60-54(57)48-45-42-39-36-32-23-20-17-14-11-8-5-2/h7-12,16-21,24-25,27-28,30,32-34,36-38,41,51H,4-6,13-15,22-23,26,29,31,35,39-40,42-50H2,1-3H3/b10-7-,11-8-,12-9-,19-16-,20-17-,21-18-,25-24-,28-27-,33-30-,36-32-,37-34-,41-38-. The molecule has 0 saturated carbocycles. The van der Waals surface area contributed by atoms with Gasteiger partial charge >= 0.3 is 17.9 Å². The summed E-state index contributed by atoms with van der Waals surface area (Å²) in [7, 11) is 0. The Balaban J connectivity index is 4.62. The topological polar surface area (TPSA) is 78.9 Å². The highest BCUT2D eigenvalue weighted by Gasteiger charge is 2.19. The lowest BCUT2D eigenvalue weighted by Gasteiger charge is -2.18. The van der Waals surface area contributed by atoms with Gasteiger partial charge in [0.2, 0.25) is 0 Å². The van der Waals surface area contributed by atoms with Crippen molar-refractivity contribution in [2.24, 2.45) is 0 Å². The average Bonchev–Trinajstić information content (AvgIpc) is 3.24. The van der Waals surface area contributed by atoms with Crippen LogP contribution in [0.2, 0.25) is 0 Å². The number of hydrogen-bond acceptors (Lipinski definition) is 6. The molecule has 0 aliphatic rings. The second kappa shape index (κ2) is 47.0. The van der Waals surface area contributed by atoms with Crippen molar-refractivity contribution in [1.29, 1.82) is 0 Å². The van der Waals surface area contributed by atoms with E-state index in [4.69, 9.17) is 14.2 Å². The van der Waals surface area contributed by atoms with Gasteiger partial charge in [-0.25, -0.2) is 0 Å². The molecule has 0 heterocycles. The number of rotatable bonds is 38. The van der Waals surface area contributed by atoms with E-state index >= 15 is 0 Å². The molecule has 0 aromatic carbocycles. The summed E-state index contributed by atoms with van der Waals surface area (Å²) in [5.41, 5.74) is 0. The van der Waals surface area contributed by atoms with Crippen LogP contribution in [0.15, 0.2) is 146 Å². The van der Waals surface area contributed by atoms with Gasteiger partial charge in [-0.1, -0.05) is 167 Å². The Morgan fingerprint density at radius 3 is 1.02 bits per heavy atom. The summed E-state index contributed by atoms with van der Waals surface area (Å²) in [5, 5.41) is 0. The zero-order valence-corrected chi connectivity index (χ0v) is 37.6. The van der Waals surface area contributed by atoms with Crippen molar-refractivity contribution >= 4 is 17.9 Å². The van der Waals surface area contributed by atoms with Crippen molar-refractivity contribution < 1.29 is 28.6 Å². The van der Waals surface area contributed by atoms with E-state index in [9.17, 15) is 14.4 Å². The van der Waals surface area contributed by atoms with Gasteiger partial charge in [0.25, 0.3) is 0 Å². The Bertz CT molecular complexity index is 1410. The number of allylic oxidation sites excluding steroid dienone is 24. The van der Waals surface area contributed by atoms with Gasteiger partial charge in [-0.2, -0.15) is 0 Å². The minimum absolute atomic E-state index is 0.150. The predicted octanol–water partition coefficient (Wildman–Crippen LogP) is 14.9. The fourth-order valence-electron chi connectivity index (χ4n) is 5.27. The molecule has 6 nitrogen and oxygen atoms in total. The minimum atomic E-state index is -0.853. The molecule has 6 heteroatoms. The lowest BCUT2D eigenvalue weighted by molar-refractivity contribution is -0.166. The number of ether oxygens (including phenoxy) is 3. The molecule has 0 saturated heterocycles. The molecule has 0 aliphatic heterocycles. The van der Waals surface area contributed by atoms with Gasteiger partial charge in [-0.15, -0.1) is 0 Å². The Morgan fingerprint density at radius 2 is 0.633 bits per heavy atom. The summed E-state index contributed by atoms with van der Waals surface area (Å²) in [6.07, 6.45) is 67.2. The molecule has 0 N–H and O–H groups in total. The second-order valence-electron chi connectivity index (χ2n) is 14.2. The molecule has 0 radical (unpaired) electrons. The SMILES string of the molecule is CC/C=C\C/C=C\C/C=C\C/C=C\C/C=C\C/C=C\CCC(=O)OCC(COC(=O)CCC/C=C\C/C=C\C/C=C\CC)OC(=O)CCCC/C=C\C/C=C\C/C=C\CC. The number of unbranched alkanes of at least 4 members (excludes halogenated alkanes) is 3. The van der Waals surface area contributed by atoms with Crippen molar-refractivity contribution in [1.82, 2.24) is 0 Å². The van der Waals surface area contributed by atoms with E-state index in [-0.39, 0.29) is 44.4 Å². The molecule has 1 unspecified atom stereocenters. The Morgan fingerprint density at radius 1 is 0.333 bits per heavy atom. The largest absolute Gasteiger partial charge is 0.462 e. The molecule has 0 amide bonds.